The van der Waals surface area contributed by atoms with Gasteiger partial charge in [0.05, 0.1) is 11.4 Å². The smallest absolute Gasteiger partial charge is 0.265 e. The van der Waals surface area contributed by atoms with Gasteiger partial charge in [0.1, 0.15) is 28.7 Å². The lowest BCUT2D eigenvalue weighted by molar-refractivity contribution is 0.598. The van der Waals surface area contributed by atoms with Gasteiger partial charge < -0.3 is 5.32 Å². The molecule has 166 valence electrons. The highest BCUT2D eigenvalue weighted by Crippen LogP contribution is 2.24. The molecule has 10 nitrogen and oxygen atoms in total. The number of imidazole rings is 1. The average molecular weight is 453 g/mol. The van der Waals surface area contributed by atoms with Crippen LogP contribution in [0.1, 0.15) is 24.1 Å². The van der Waals surface area contributed by atoms with Crippen LogP contribution in [-0.4, -0.2) is 37.7 Å². The lowest BCUT2D eigenvalue weighted by Gasteiger charge is -2.11. The maximum absolute atomic E-state index is 12.9. The van der Waals surface area contributed by atoms with Gasteiger partial charge in [-0.25, -0.2) is 23.4 Å². The molecule has 0 spiro atoms. The molecule has 32 heavy (non-hydrogen) atoms. The van der Waals surface area contributed by atoms with Crippen LogP contribution in [0.15, 0.2) is 53.9 Å². The van der Waals surface area contributed by atoms with Gasteiger partial charge in [-0.1, -0.05) is 0 Å². The van der Waals surface area contributed by atoms with Crippen LogP contribution in [0.3, 0.4) is 0 Å². The maximum atomic E-state index is 12.9. The number of hydrogen-bond donors (Lipinski definition) is 2. The van der Waals surface area contributed by atoms with Crippen LogP contribution < -0.4 is 10.0 Å². The maximum Gasteiger partial charge on any atom is 0.265 e. The van der Waals surface area contributed by atoms with E-state index in [-0.39, 0.29) is 4.90 Å². The summed E-state index contributed by atoms with van der Waals surface area (Å²) in [7, 11) is -3.75. The zero-order chi connectivity index (χ0) is 22.9. The second-order valence-electron chi connectivity index (χ2n) is 7.23. The minimum absolute atomic E-state index is 0.213. The van der Waals surface area contributed by atoms with Gasteiger partial charge in [0.2, 0.25) is 0 Å². The molecule has 0 unspecified atom stereocenters. The van der Waals surface area contributed by atoms with Gasteiger partial charge in [-0.3, -0.25) is 14.0 Å². The molecule has 3 aromatic heterocycles. The summed E-state index contributed by atoms with van der Waals surface area (Å²) in [5, 5.41) is 7.50. The summed E-state index contributed by atoms with van der Waals surface area (Å²) >= 11 is 0. The first kappa shape index (κ1) is 21.5. The number of nitrogens with one attached hydrogen (secondary N) is 2. The quantitative estimate of drug-likeness (QED) is 0.441. The van der Waals surface area contributed by atoms with Crippen molar-refractivity contribution >= 4 is 27.2 Å². The SMILES string of the molecule is CCn1nc(C)c(S(=O)(=O)Nc2ccc(Nc3cc(-n4ccnc4C)ncn3)cc2)c1C. The van der Waals surface area contributed by atoms with E-state index in [1.54, 1.807) is 49.0 Å². The Morgan fingerprint density at radius 3 is 2.34 bits per heavy atom. The minimum Gasteiger partial charge on any atom is -0.340 e. The second-order valence-corrected chi connectivity index (χ2v) is 8.85. The fourth-order valence-corrected chi connectivity index (χ4v) is 4.99. The Balaban J connectivity index is 1.51. The Labute approximate surface area is 186 Å². The third-order valence-corrected chi connectivity index (χ3v) is 6.65. The molecule has 0 aliphatic rings. The van der Waals surface area contributed by atoms with Gasteiger partial charge in [0, 0.05) is 36.4 Å². The van der Waals surface area contributed by atoms with E-state index in [1.165, 1.54) is 6.33 Å². The van der Waals surface area contributed by atoms with E-state index >= 15 is 0 Å². The van der Waals surface area contributed by atoms with Gasteiger partial charge in [0.15, 0.2) is 0 Å². The highest BCUT2D eigenvalue weighted by molar-refractivity contribution is 7.92. The lowest BCUT2D eigenvalue weighted by atomic mass is 10.3. The number of hydrogen-bond acceptors (Lipinski definition) is 7. The Hall–Kier alpha value is -3.73. The van der Waals surface area contributed by atoms with Crippen molar-refractivity contribution in [3.63, 3.8) is 0 Å². The minimum atomic E-state index is -3.75. The molecular formula is C21H24N8O2S. The number of aromatic nitrogens is 6. The topological polar surface area (TPSA) is 120 Å². The van der Waals surface area contributed by atoms with E-state index in [0.29, 0.717) is 35.3 Å². The molecule has 0 radical (unpaired) electrons. The van der Waals surface area contributed by atoms with Crippen LogP contribution in [0.2, 0.25) is 0 Å². The molecule has 1 aromatic carbocycles. The summed E-state index contributed by atoms with van der Waals surface area (Å²) in [4.78, 5) is 12.9. The van der Waals surface area contributed by atoms with E-state index in [9.17, 15) is 8.42 Å². The number of nitrogens with zero attached hydrogens (tertiary/aromatic N) is 6. The molecule has 0 atom stereocenters. The first-order chi connectivity index (χ1) is 15.3. The van der Waals surface area contributed by atoms with Crippen molar-refractivity contribution in [1.82, 2.24) is 29.3 Å². The molecule has 0 saturated carbocycles. The largest absolute Gasteiger partial charge is 0.340 e. The van der Waals surface area contributed by atoms with Gasteiger partial charge >= 0.3 is 0 Å². The highest BCUT2D eigenvalue weighted by atomic mass is 32.2. The van der Waals surface area contributed by atoms with Crippen molar-refractivity contribution in [2.75, 3.05) is 10.0 Å². The van der Waals surface area contributed by atoms with Gasteiger partial charge in [0.25, 0.3) is 10.0 Å². The predicted molar refractivity (Wildman–Crippen MR) is 122 cm³/mol. The predicted octanol–water partition coefficient (Wildman–Crippen LogP) is 3.35. The first-order valence-corrected chi connectivity index (χ1v) is 11.5. The number of sulfonamides is 1. The van der Waals surface area contributed by atoms with Gasteiger partial charge in [-0.2, -0.15) is 5.10 Å². The molecule has 0 amide bonds. The summed E-state index contributed by atoms with van der Waals surface area (Å²) in [5.41, 5.74) is 2.30. The second kappa shape index (κ2) is 8.42. The zero-order valence-electron chi connectivity index (χ0n) is 18.2. The summed E-state index contributed by atoms with van der Waals surface area (Å²) in [6.07, 6.45) is 5.01. The van der Waals surface area contributed by atoms with Crippen LogP contribution in [0, 0.1) is 20.8 Å². The fourth-order valence-electron chi connectivity index (χ4n) is 3.52. The van der Waals surface area contributed by atoms with Crippen LogP contribution >= 0.6 is 0 Å². The Bertz CT molecular complexity index is 1360. The normalized spacial score (nSPS) is 11.5. The van der Waals surface area contributed by atoms with Crippen LogP contribution in [-0.2, 0) is 16.6 Å². The fraction of sp³-hybridized carbons (Fsp3) is 0.238. The van der Waals surface area contributed by atoms with E-state index in [4.69, 9.17) is 0 Å². The zero-order valence-corrected chi connectivity index (χ0v) is 19.1. The van der Waals surface area contributed by atoms with Crippen molar-refractivity contribution in [2.45, 2.75) is 39.1 Å². The Kier molecular flexibility index (Phi) is 5.66. The van der Waals surface area contributed by atoms with Crippen LogP contribution in [0.4, 0.5) is 17.2 Å². The van der Waals surface area contributed by atoms with E-state index in [2.05, 4.69) is 30.1 Å². The molecule has 3 heterocycles. The number of rotatable bonds is 7. The average Bonchev–Trinajstić information content (AvgIpc) is 3.31. The number of aryl methyl sites for hydroxylation is 3. The molecule has 0 saturated heterocycles. The van der Waals surface area contributed by atoms with E-state index in [1.807, 2.05) is 30.7 Å². The van der Waals surface area contributed by atoms with Crippen molar-refractivity contribution in [3.05, 3.63) is 66.3 Å². The molecule has 0 aliphatic heterocycles. The van der Waals surface area contributed by atoms with Crippen LogP contribution in [0.5, 0.6) is 0 Å². The third-order valence-electron chi connectivity index (χ3n) is 5.02. The third kappa shape index (κ3) is 4.19. The number of benzene rings is 1. The molecule has 0 bridgehead atoms. The lowest BCUT2D eigenvalue weighted by Crippen LogP contribution is -2.15. The Morgan fingerprint density at radius 2 is 1.72 bits per heavy atom. The molecule has 0 fully saturated rings. The van der Waals surface area contributed by atoms with Crippen molar-refractivity contribution in [1.29, 1.82) is 0 Å². The molecule has 2 N–H and O–H groups in total. The van der Waals surface area contributed by atoms with Gasteiger partial charge in [-0.15, -0.1) is 0 Å². The molecular weight excluding hydrogens is 428 g/mol. The molecule has 11 heteroatoms. The summed E-state index contributed by atoms with van der Waals surface area (Å²) in [6.45, 7) is 7.87. The Morgan fingerprint density at radius 1 is 1.00 bits per heavy atom. The summed E-state index contributed by atoms with van der Waals surface area (Å²) in [6, 6.07) is 8.74. The summed E-state index contributed by atoms with van der Waals surface area (Å²) in [5.74, 6) is 2.12. The van der Waals surface area contributed by atoms with Crippen molar-refractivity contribution < 1.29 is 8.42 Å². The molecule has 4 aromatic rings. The molecule has 0 aliphatic carbocycles. The van der Waals surface area contributed by atoms with Gasteiger partial charge in [-0.05, 0) is 52.0 Å². The van der Waals surface area contributed by atoms with Crippen molar-refractivity contribution in [2.24, 2.45) is 0 Å². The standard InChI is InChI=1S/C21H24N8O2S/c1-5-29-15(3)21(14(2)26-29)32(30,31)27-18-8-6-17(7-9-18)25-19-12-20(24-13-23-19)28-11-10-22-16(28)4/h6-13,27H,5H2,1-4H3,(H,23,24,25). The first-order valence-electron chi connectivity index (χ1n) is 10.0. The monoisotopic (exact) mass is 452 g/mol. The van der Waals surface area contributed by atoms with E-state index < -0.39 is 10.0 Å². The molecule has 4 rings (SSSR count). The van der Waals surface area contributed by atoms with E-state index in [0.717, 1.165) is 11.5 Å². The number of anilines is 3. The summed E-state index contributed by atoms with van der Waals surface area (Å²) < 4.78 is 32.0. The highest BCUT2D eigenvalue weighted by Gasteiger charge is 2.24. The van der Waals surface area contributed by atoms with Crippen LogP contribution in [0.25, 0.3) is 5.82 Å². The van der Waals surface area contributed by atoms with Crippen molar-refractivity contribution in [3.8, 4) is 5.82 Å².